The summed E-state index contributed by atoms with van der Waals surface area (Å²) < 4.78 is 14.1. The molecule has 1 heterocycles. The fourth-order valence-electron chi connectivity index (χ4n) is 2.92. The normalized spacial score (nSPS) is 10.5. The van der Waals surface area contributed by atoms with Gasteiger partial charge < -0.3 is 10.6 Å². The van der Waals surface area contributed by atoms with Gasteiger partial charge in [0.25, 0.3) is 0 Å². The van der Waals surface area contributed by atoms with Gasteiger partial charge in [-0.3, -0.25) is 0 Å². The summed E-state index contributed by atoms with van der Waals surface area (Å²) in [6, 6.07) is 23.4. The van der Waals surface area contributed by atoms with E-state index < -0.39 is 0 Å². The van der Waals surface area contributed by atoms with Gasteiger partial charge in [0.15, 0.2) is 0 Å². The molecule has 0 atom stereocenters. The molecule has 0 spiro atoms. The first-order valence-corrected chi connectivity index (χ1v) is 9.97. The summed E-state index contributed by atoms with van der Waals surface area (Å²) in [5, 5.41) is 8.19. The van der Waals surface area contributed by atoms with Gasteiger partial charge in [-0.25, -0.2) is 14.2 Å². The Bertz CT molecular complexity index is 1130. The topological polar surface area (TPSA) is 54.0 Å². The van der Waals surface area contributed by atoms with Gasteiger partial charge in [-0.2, -0.15) is 0 Å². The molecule has 0 aliphatic heterocycles. The van der Waals surface area contributed by atoms with Crippen LogP contribution >= 0.6 is 11.3 Å². The number of carbonyl (C=O) groups excluding carboxylic acids is 1. The van der Waals surface area contributed by atoms with Crippen molar-refractivity contribution in [2.45, 2.75) is 6.54 Å². The molecule has 0 unspecified atom stereocenters. The molecule has 0 aliphatic carbocycles. The number of benzene rings is 3. The first-order valence-electron chi connectivity index (χ1n) is 9.09. The van der Waals surface area contributed by atoms with E-state index in [1.54, 1.807) is 18.2 Å². The zero-order valence-corrected chi connectivity index (χ0v) is 16.2. The van der Waals surface area contributed by atoms with Crippen LogP contribution in [0.4, 0.5) is 14.9 Å². The maximum Gasteiger partial charge on any atom is 0.319 e. The van der Waals surface area contributed by atoms with Crippen LogP contribution in [-0.2, 0) is 6.54 Å². The van der Waals surface area contributed by atoms with Crippen molar-refractivity contribution in [2.24, 2.45) is 0 Å². The monoisotopic (exact) mass is 403 g/mol. The molecule has 0 saturated carbocycles. The number of para-hydroxylation sites is 1. The number of nitrogens with one attached hydrogen (secondary N) is 2. The van der Waals surface area contributed by atoms with Crippen LogP contribution in [0.3, 0.4) is 0 Å². The van der Waals surface area contributed by atoms with Crippen LogP contribution in [-0.4, -0.2) is 11.0 Å². The Morgan fingerprint density at radius 1 is 0.897 bits per heavy atom. The molecular formula is C23H18FN3OS. The molecular weight excluding hydrogens is 385 g/mol. The Labute approximate surface area is 172 Å². The predicted molar refractivity (Wildman–Crippen MR) is 115 cm³/mol. The number of rotatable bonds is 5. The minimum absolute atomic E-state index is 0.300. The van der Waals surface area contributed by atoms with Crippen molar-refractivity contribution in [3.8, 4) is 21.8 Å². The minimum atomic E-state index is -0.305. The van der Waals surface area contributed by atoms with Gasteiger partial charge in [0.1, 0.15) is 10.8 Å². The Kier molecular flexibility index (Phi) is 5.63. The number of carbonyl (C=O) groups is 1. The van der Waals surface area contributed by atoms with Crippen LogP contribution in [0.15, 0.2) is 84.2 Å². The van der Waals surface area contributed by atoms with Crippen molar-refractivity contribution >= 4 is 23.1 Å². The molecule has 6 heteroatoms. The highest BCUT2D eigenvalue weighted by Crippen LogP contribution is 2.33. The fraction of sp³-hybridized carbons (Fsp3) is 0.0435. The van der Waals surface area contributed by atoms with E-state index >= 15 is 0 Å². The van der Waals surface area contributed by atoms with E-state index in [0.29, 0.717) is 28.5 Å². The first kappa shape index (κ1) is 18.8. The lowest BCUT2D eigenvalue weighted by Crippen LogP contribution is -2.28. The van der Waals surface area contributed by atoms with Crippen molar-refractivity contribution in [2.75, 3.05) is 5.32 Å². The molecule has 29 heavy (non-hydrogen) atoms. The molecule has 1 aromatic heterocycles. The third kappa shape index (κ3) is 4.50. The number of anilines is 1. The van der Waals surface area contributed by atoms with Crippen molar-refractivity contribution < 1.29 is 9.18 Å². The SMILES string of the molecule is O=C(NCc1ccccc1)Nc1ccccc1-c1csc(-c2ccccc2F)n1. The molecule has 2 amide bonds. The number of amides is 2. The van der Waals surface area contributed by atoms with Gasteiger partial charge in [0, 0.05) is 23.1 Å². The van der Waals surface area contributed by atoms with Crippen LogP contribution in [0.1, 0.15) is 5.56 Å². The molecule has 0 radical (unpaired) electrons. The number of halogens is 1. The summed E-state index contributed by atoms with van der Waals surface area (Å²) in [7, 11) is 0. The van der Waals surface area contributed by atoms with Crippen LogP contribution in [0.25, 0.3) is 21.8 Å². The molecule has 3 aromatic carbocycles. The molecule has 0 aliphatic rings. The molecule has 4 nitrogen and oxygen atoms in total. The second-order valence-corrected chi connectivity index (χ2v) is 7.21. The van der Waals surface area contributed by atoms with Gasteiger partial charge in [-0.1, -0.05) is 60.7 Å². The summed E-state index contributed by atoms with van der Waals surface area (Å²) in [6.07, 6.45) is 0. The number of hydrogen-bond acceptors (Lipinski definition) is 3. The smallest absolute Gasteiger partial charge is 0.319 e. The number of aromatic nitrogens is 1. The summed E-state index contributed by atoms with van der Waals surface area (Å²) in [4.78, 5) is 16.9. The molecule has 144 valence electrons. The average molecular weight is 403 g/mol. The summed E-state index contributed by atoms with van der Waals surface area (Å²) in [6.45, 7) is 0.434. The number of hydrogen-bond donors (Lipinski definition) is 2. The van der Waals surface area contributed by atoms with Gasteiger partial charge in [-0.15, -0.1) is 11.3 Å². The van der Waals surface area contributed by atoms with E-state index in [2.05, 4.69) is 15.6 Å². The number of nitrogens with zero attached hydrogens (tertiary/aromatic N) is 1. The average Bonchev–Trinajstić information content (AvgIpc) is 3.23. The van der Waals surface area contributed by atoms with Crippen LogP contribution < -0.4 is 10.6 Å². The van der Waals surface area contributed by atoms with E-state index in [1.165, 1.54) is 17.4 Å². The lowest BCUT2D eigenvalue weighted by Gasteiger charge is -2.11. The van der Waals surface area contributed by atoms with Crippen molar-refractivity contribution in [1.29, 1.82) is 0 Å². The fourth-order valence-corrected chi connectivity index (χ4v) is 3.76. The molecule has 2 N–H and O–H groups in total. The van der Waals surface area contributed by atoms with E-state index in [0.717, 1.165) is 11.1 Å². The first-order chi connectivity index (χ1) is 14.2. The van der Waals surface area contributed by atoms with Crippen LogP contribution in [0.5, 0.6) is 0 Å². The van der Waals surface area contributed by atoms with E-state index in [4.69, 9.17) is 0 Å². The quantitative estimate of drug-likeness (QED) is 0.433. The highest BCUT2D eigenvalue weighted by atomic mass is 32.1. The highest BCUT2D eigenvalue weighted by Gasteiger charge is 2.13. The minimum Gasteiger partial charge on any atom is -0.334 e. The Morgan fingerprint density at radius 2 is 1.59 bits per heavy atom. The summed E-state index contributed by atoms with van der Waals surface area (Å²) in [5.74, 6) is -0.305. The number of urea groups is 1. The second-order valence-electron chi connectivity index (χ2n) is 6.36. The standard InChI is InChI=1S/C23H18FN3OS/c24-19-12-6-4-10-17(19)22-26-21(15-29-22)18-11-5-7-13-20(18)27-23(28)25-14-16-8-2-1-3-9-16/h1-13,15H,14H2,(H2,25,27,28). The molecule has 4 aromatic rings. The second kappa shape index (κ2) is 8.67. The molecule has 0 bridgehead atoms. The van der Waals surface area contributed by atoms with E-state index in [1.807, 2.05) is 60.0 Å². The zero-order chi connectivity index (χ0) is 20.1. The Hall–Kier alpha value is -3.51. The third-order valence-corrected chi connectivity index (χ3v) is 5.23. The van der Waals surface area contributed by atoms with E-state index in [-0.39, 0.29) is 11.8 Å². The van der Waals surface area contributed by atoms with Crippen molar-refractivity contribution in [1.82, 2.24) is 10.3 Å². The van der Waals surface area contributed by atoms with Gasteiger partial charge in [-0.05, 0) is 23.8 Å². The summed E-state index contributed by atoms with van der Waals surface area (Å²) in [5.41, 5.74) is 3.59. The lowest BCUT2D eigenvalue weighted by molar-refractivity contribution is 0.252. The van der Waals surface area contributed by atoms with Gasteiger partial charge >= 0.3 is 6.03 Å². The zero-order valence-electron chi connectivity index (χ0n) is 15.4. The van der Waals surface area contributed by atoms with Gasteiger partial charge in [0.05, 0.1) is 11.4 Å². The summed E-state index contributed by atoms with van der Waals surface area (Å²) >= 11 is 1.37. The third-order valence-electron chi connectivity index (χ3n) is 4.36. The largest absolute Gasteiger partial charge is 0.334 e. The maximum atomic E-state index is 14.1. The number of thiazole rings is 1. The highest BCUT2D eigenvalue weighted by molar-refractivity contribution is 7.13. The molecule has 0 saturated heterocycles. The van der Waals surface area contributed by atoms with Crippen molar-refractivity contribution in [3.63, 3.8) is 0 Å². The van der Waals surface area contributed by atoms with Gasteiger partial charge in [0.2, 0.25) is 0 Å². The predicted octanol–water partition coefficient (Wildman–Crippen LogP) is 5.94. The van der Waals surface area contributed by atoms with Crippen molar-refractivity contribution in [3.05, 3.63) is 95.6 Å². The van der Waals surface area contributed by atoms with Crippen LogP contribution in [0, 0.1) is 5.82 Å². The Balaban J connectivity index is 1.52. The maximum absolute atomic E-state index is 14.1. The lowest BCUT2D eigenvalue weighted by atomic mass is 10.1. The molecule has 4 rings (SSSR count). The molecule has 0 fully saturated rings. The Morgan fingerprint density at radius 3 is 2.38 bits per heavy atom. The van der Waals surface area contributed by atoms with E-state index in [9.17, 15) is 9.18 Å². The van der Waals surface area contributed by atoms with Crippen LogP contribution in [0.2, 0.25) is 0 Å².